The van der Waals surface area contributed by atoms with Crippen LogP contribution in [0.15, 0.2) is 6.07 Å². The van der Waals surface area contributed by atoms with Crippen molar-refractivity contribution in [2.45, 2.75) is 59.3 Å². The van der Waals surface area contributed by atoms with Gasteiger partial charge in [0.25, 0.3) is 0 Å². The summed E-state index contributed by atoms with van der Waals surface area (Å²) < 4.78 is 0. The maximum absolute atomic E-state index is 12.4. The van der Waals surface area contributed by atoms with E-state index in [1.54, 1.807) is 0 Å². The third-order valence-electron chi connectivity index (χ3n) is 4.71. The highest BCUT2D eigenvalue weighted by Gasteiger charge is 2.40. The molecule has 0 spiro atoms. The number of hydrogen-bond donors (Lipinski definition) is 0. The molecule has 0 heterocycles. The predicted octanol–water partition coefficient (Wildman–Crippen LogP) is 4.20. The van der Waals surface area contributed by atoms with E-state index in [-0.39, 0.29) is 5.41 Å². The monoisotopic (exact) mass is 242 g/mol. The molecule has 0 amide bonds. The summed E-state index contributed by atoms with van der Waals surface area (Å²) in [7, 11) is 0. The number of hydrogen-bond acceptors (Lipinski definition) is 1. The van der Waals surface area contributed by atoms with Crippen LogP contribution in [0.3, 0.4) is 0 Å². The van der Waals surface area contributed by atoms with Gasteiger partial charge in [-0.2, -0.15) is 0 Å². The Bertz CT molecular complexity index is 532. The van der Waals surface area contributed by atoms with Crippen LogP contribution in [0.5, 0.6) is 0 Å². The Labute approximate surface area is 110 Å². The summed E-state index contributed by atoms with van der Waals surface area (Å²) in [6, 6.07) is 2.35. The normalized spacial score (nSPS) is 22.2. The Morgan fingerprint density at radius 2 is 1.94 bits per heavy atom. The van der Waals surface area contributed by atoms with Crippen molar-refractivity contribution in [2.24, 2.45) is 5.41 Å². The molecule has 2 aliphatic carbocycles. The van der Waals surface area contributed by atoms with Crippen molar-refractivity contribution < 1.29 is 4.79 Å². The largest absolute Gasteiger partial charge is 0.294 e. The van der Waals surface area contributed by atoms with Gasteiger partial charge in [-0.25, -0.2) is 0 Å². The Morgan fingerprint density at radius 1 is 1.22 bits per heavy atom. The number of carbonyl (C=O) groups excluding carboxylic acids is 1. The lowest BCUT2D eigenvalue weighted by Gasteiger charge is -2.28. The third-order valence-corrected chi connectivity index (χ3v) is 4.71. The molecule has 1 atom stereocenters. The Hall–Kier alpha value is -1.11. The fourth-order valence-electron chi connectivity index (χ4n) is 3.81. The summed E-state index contributed by atoms with van der Waals surface area (Å²) in [5.74, 6) is 0.803. The van der Waals surface area contributed by atoms with Gasteiger partial charge in [0.1, 0.15) is 0 Å². The van der Waals surface area contributed by atoms with Gasteiger partial charge in [0.2, 0.25) is 0 Å². The number of carbonyl (C=O) groups is 1. The maximum Gasteiger partial charge on any atom is 0.164 e. The van der Waals surface area contributed by atoms with Crippen molar-refractivity contribution >= 4 is 5.78 Å². The van der Waals surface area contributed by atoms with Gasteiger partial charge in [-0.15, -0.1) is 0 Å². The first-order valence-electron chi connectivity index (χ1n) is 7.08. The van der Waals surface area contributed by atoms with Crippen LogP contribution in [0.1, 0.15) is 72.1 Å². The molecular weight excluding hydrogens is 220 g/mol. The van der Waals surface area contributed by atoms with Crippen LogP contribution in [-0.2, 0) is 12.8 Å². The van der Waals surface area contributed by atoms with Crippen molar-refractivity contribution in [1.29, 1.82) is 0 Å². The average Bonchev–Trinajstić information content (AvgIpc) is 2.81. The van der Waals surface area contributed by atoms with E-state index in [0.29, 0.717) is 11.7 Å². The molecule has 1 nitrogen and oxygen atoms in total. The quantitative estimate of drug-likeness (QED) is 0.666. The van der Waals surface area contributed by atoms with Crippen molar-refractivity contribution in [2.75, 3.05) is 0 Å². The minimum Gasteiger partial charge on any atom is -0.294 e. The second-order valence-corrected chi connectivity index (χ2v) is 7.02. The van der Waals surface area contributed by atoms with E-state index >= 15 is 0 Å². The van der Waals surface area contributed by atoms with E-state index < -0.39 is 0 Å². The van der Waals surface area contributed by atoms with Gasteiger partial charge in [-0.3, -0.25) is 4.79 Å². The molecule has 1 unspecified atom stereocenters. The number of Topliss-reactive ketones (excluding diaryl/α,β-unsaturated/α-hetero) is 1. The van der Waals surface area contributed by atoms with Crippen LogP contribution in [0.25, 0.3) is 0 Å². The van der Waals surface area contributed by atoms with E-state index in [4.69, 9.17) is 0 Å². The van der Waals surface area contributed by atoms with Crippen LogP contribution in [0.4, 0.5) is 0 Å². The van der Waals surface area contributed by atoms with Crippen LogP contribution in [0.2, 0.25) is 0 Å². The molecule has 0 aliphatic heterocycles. The fourth-order valence-corrected chi connectivity index (χ4v) is 3.81. The van der Waals surface area contributed by atoms with Crippen molar-refractivity contribution in [3.63, 3.8) is 0 Å². The number of aryl methyl sites for hydroxylation is 2. The fraction of sp³-hybridized carbons (Fsp3) is 0.588. The summed E-state index contributed by atoms with van der Waals surface area (Å²) in [6.07, 6.45) is 4.21. The maximum atomic E-state index is 12.4. The summed E-state index contributed by atoms with van der Waals surface area (Å²) >= 11 is 0. The van der Waals surface area contributed by atoms with Gasteiger partial charge < -0.3 is 0 Å². The van der Waals surface area contributed by atoms with Gasteiger partial charge in [0, 0.05) is 12.0 Å². The molecule has 96 valence electrons. The summed E-state index contributed by atoms with van der Waals surface area (Å²) in [5.41, 5.74) is 6.83. The molecule has 2 aliphatic rings. The highest BCUT2D eigenvalue weighted by molar-refractivity contribution is 6.03. The highest BCUT2D eigenvalue weighted by Crippen LogP contribution is 2.48. The molecular formula is C17H22O. The van der Waals surface area contributed by atoms with Gasteiger partial charge in [0.05, 0.1) is 0 Å². The first-order chi connectivity index (χ1) is 8.39. The Balaban J connectivity index is 2.25. The van der Waals surface area contributed by atoms with E-state index in [0.717, 1.165) is 24.8 Å². The number of fused-ring (bicyclic) bond motifs is 3. The van der Waals surface area contributed by atoms with Gasteiger partial charge in [-0.1, -0.05) is 26.8 Å². The minimum atomic E-state index is 0.179. The van der Waals surface area contributed by atoms with Crippen LogP contribution >= 0.6 is 0 Å². The lowest BCUT2D eigenvalue weighted by Crippen LogP contribution is -2.17. The molecule has 3 rings (SSSR count). The van der Waals surface area contributed by atoms with Crippen molar-refractivity contribution in [1.82, 2.24) is 0 Å². The summed E-state index contributed by atoms with van der Waals surface area (Å²) in [4.78, 5) is 12.4. The zero-order valence-electron chi connectivity index (χ0n) is 11.9. The molecule has 0 N–H and O–H groups in total. The minimum absolute atomic E-state index is 0.179. The molecule has 1 aromatic carbocycles. The Morgan fingerprint density at radius 3 is 2.61 bits per heavy atom. The molecule has 1 aromatic rings. The topological polar surface area (TPSA) is 17.1 Å². The van der Waals surface area contributed by atoms with Gasteiger partial charge >= 0.3 is 0 Å². The molecule has 0 radical (unpaired) electrons. The van der Waals surface area contributed by atoms with Gasteiger partial charge in [-0.05, 0) is 59.8 Å². The second kappa shape index (κ2) is 3.69. The van der Waals surface area contributed by atoms with E-state index in [9.17, 15) is 4.79 Å². The zero-order chi connectivity index (χ0) is 13.1. The van der Waals surface area contributed by atoms with Gasteiger partial charge in [0.15, 0.2) is 5.78 Å². The van der Waals surface area contributed by atoms with Crippen molar-refractivity contribution in [3.8, 4) is 0 Å². The van der Waals surface area contributed by atoms with Crippen LogP contribution in [0, 0.1) is 12.3 Å². The average molecular weight is 242 g/mol. The molecule has 0 saturated heterocycles. The molecule has 1 heteroatoms. The zero-order valence-corrected chi connectivity index (χ0v) is 11.9. The summed E-state index contributed by atoms with van der Waals surface area (Å²) in [5, 5.41) is 0. The standard InChI is InChI=1S/C17H22O/c1-10-8-11-6-5-7-12(11)16-14(18)9-13(15(10)16)17(2,3)4/h8,13H,5-7,9H2,1-4H3. The summed E-state index contributed by atoms with van der Waals surface area (Å²) in [6.45, 7) is 8.96. The lowest BCUT2D eigenvalue weighted by atomic mass is 9.75. The number of ketones is 1. The van der Waals surface area contributed by atoms with E-state index in [2.05, 4.69) is 33.8 Å². The number of rotatable bonds is 0. The molecule has 0 aromatic heterocycles. The lowest BCUT2D eigenvalue weighted by molar-refractivity contribution is 0.0974. The van der Waals surface area contributed by atoms with E-state index in [1.165, 1.54) is 28.7 Å². The smallest absolute Gasteiger partial charge is 0.164 e. The molecule has 0 bridgehead atoms. The number of benzene rings is 1. The molecule has 0 saturated carbocycles. The van der Waals surface area contributed by atoms with Crippen molar-refractivity contribution in [3.05, 3.63) is 33.9 Å². The predicted molar refractivity (Wildman–Crippen MR) is 74.3 cm³/mol. The SMILES string of the molecule is Cc1cc2c(c3c1C(C(C)(C)C)CC3=O)CCC2. The van der Waals surface area contributed by atoms with E-state index in [1.807, 2.05) is 0 Å². The highest BCUT2D eigenvalue weighted by atomic mass is 16.1. The van der Waals surface area contributed by atoms with Crippen LogP contribution < -0.4 is 0 Å². The molecule has 0 fully saturated rings. The first-order valence-corrected chi connectivity index (χ1v) is 7.08. The van der Waals surface area contributed by atoms with Crippen LogP contribution in [-0.4, -0.2) is 5.78 Å². The Kier molecular flexibility index (Phi) is 2.45. The first kappa shape index (κ1) is 12.0. The third kappa shape index (κ3) is 1.56. The molecule has 18 heavy (non-hydrogen) atoms. The second-order valence-electron chi connectivity index (χ2n) is 7.02.